The van der Waals surface area contributed by atoms with Crippen molar-refractivity contribution < 1.29 is 9.53 Å². The van der Waals surface area contributed by atoms with Crippen molar-refractivity contribution in [1.29, 1.82) is 0 Å². The van der Waals surface area contributed by atoms with Gasteiger partial charge in [0.1, 0.15) is 5.82 Å². The molecule has 1 N–H and O–H groups in total. The molecule has 1 atom stereocenters. The fourth-order valence-corrected chi connectivity index (χ4v) is 2.64. The number of hydrogen-bond donors (Lipinski definition) is 1. The Morgan fingerprint density at radius 1 is 1.50 bits per heavy atom. The zero-order valence-corrected chi connectivity index (χ0v) is 12.3. The summed E-state index contributed by atoms with van der Waals surface area (Å²) in [6, 6.07) is 4.20. The van der Waals surface area contributed by atoms with Crippen LogP contribution >= 0.6 is 0 Å². The van der Waals surface area contributed by atoms with Crippen molar-refractivity contribution in [3.63, 3.8) is 0 Å². The van der Waals surface area contributed by atoms with Gasteiger partial charge in [-0.25, -0.2) is 9.78 Å². The molecule has 0 bridgehead atoms. The number of carbonyl (C=O) groups excluding carboxylic acids is 1. The normalized spacial score (nSPS) is 18.9. The molecule has 0 amide bonds. The SMILES string of the molecule is CCOC(=O)c1ccc(N2CCCCC2CNC)nc1. The van der Waals surface area contributed by atoms with Crippen LogP contribution < -0.4 is 10.2 Å². The molecule has 110 valence electrons. The lowest BCUT2D eigenvalue weighted by atomic mass is 10.0. The van der Waals surface area contributed by atoms with Crippen LogP contribution in [-0.2, 0) is 4.74 Å². The van der Waals surface area contributed by atoms with E-state index in [1.807, 2.05) is 13.1 Å². The van der Waals surface area contributed by atoms with Crippen LogP contribution in [0.25, 0.3) is 0 Å². The molecule has 1 aromatic rings. The lowest BCUT2D eigenvalue weighted by Crippen LogP contribution is -2.45. The number of likely N-dealkylation sites (N-methyl/N-ethyl adjacent to an activating group) is 1. The second-order valence-electron chi connectivity index (χ2n) is 5.03. The summed E-state index contributed by atoms with van der Waals surface area (Å²) in [6.07, 6.45) is 5.26. The van der Waals surface area contributed by atoms with Crippen LogP contribution in [0.5, 0.6) is 0 Å². The number of nitrogens with zero attached hydrogens (tertiary/aromatic N) is 2. The van der Waals surface area contributed by atoms with Crippen molar-refractivity contribution in [2.24, 2.45) is 0 Å². The molecule has 20 heavy (non-hydrogen) atoms. The van der Waals surface area contributed by atoms with Crippen molar-refractivity contribution in [2.45, 2.75) is 32.2 Å². The molecule has 0 aromatic carbocycles. The molecule has 1 aromatic heterocycles. The predicted molar refractivity (Wildman–Crippen MR) is 79.1 cm³/mol. The lowest BCUT2D eigenvalue weighted by Gasteiger charge is -2.36. The Hall–Kier alpha value is -1.62. The first-order chi connectivity index (χ1) is 9.76. The zero-order chi connectivity index (χ0) is 14.4. The van der Waals surface area contributed by atoms with Crippen molar-refractivity contribution >= 4 is 11.8 Å². The summed E-state index contributed by atoms with van der Waals surface area (Å²) in [5.74, 6) is 0.634. The molecule has 5 nitrogen and oxygen atoms in total. The summed E-state index contributed by atoms with van der Waals surface area (Å²) < 4.78 is 4.97. The number of aromatic nitrogens is 1. The largest absolute Gasteiger partial charge is 0.462 e. The second-order valence-corrected chi connectivity index (χ2v) is 5.03. The van der Waals surface area contributed by atoms with Crippen molar-refractivity contribution in [1.82, 2.24) is 10.3 Å². The maximum atomic E-state index is 11.6. The third kappa shape index (κ3) is 3.48. The van der Waals surface area contributed by atoms with Gasteiger partial charge >= 0.3 is 5.97 Å². The molecular weight excluding hydrogens is 254 g/mol. The Kier molecular flexibility index (Phi) is 5.35. The molecule has 1 unspecified atom stereocenters. The Bertz CT molecular complexity index is 431. The number of rotatable bonds is 5. The Labute approximate surface area is 120 Å². The Morgan fingerprint density at radius 3 is 3.00 bits per heavy atom. The smallest absolute Gasteiger partial charge is 0.339 e. The van der Waals surface area contributed by atoms with E-state index >= 15 is 0 Å². The molecule has 1 fully saturated rings. The number of pyridine rings is 1. The fourth-order valence-electron chi connectivity index (χ4n) is 2.64. The number of piperidine rings is 1. The second kappa shape index (κ2) is 7.24. The molecule has 2 rings (SSSR count). The fraction of sp³-hybridized carbons (Fsp3) is 0.600. The van der Waals surface area contributed by atoms with Gasteiger partial charge in [-0.3, -0.25) is 0 Å². The van der Waals surface area contributed by atoms with Crippen LogP contribution in [0.2, 0.25) is 0 Å². The zero-order valence-electron chi connectivity index (χ0n) is 12.3. The molecule has 0 spiro atoms. The van der Waals surface area contributed by atoms with E-state index in [0.717, 1.165) is 18.9 Å². The molecular formula is C15H23N3O2. The van der Waals surface area contributed by atoms with Gasteiger partial charge in [-0.2, -0.15) is 0 Å². The highest BCUT2D eigenvalue weighted by molar-refractivity contribution is 5.89. The van der Waals surface area contributed by atoms with E-state index in [1.54, 1.807) is 19.2 Å². The minimum atomic E-state index is -0.308. The minimum Gasteiger partial charge on any atom is -0.462 e. The monoisotopic (exact) mass is 277 g/mol. The van der Waals surface area contributed by atoms with Crippen molar-refractivity contribution in [3.05, 3.63) is 23.9 Å². The van der Waals surface area contributed by atoms with Crippen LogP contribution in [0.1, 0.15) is 36.5 Å². The van der Waals surface area contributed by atoms with Gasteiger partial charge in [-0.05, 0) is 45.4 Å². The highest BCUT2D eigenvalue weighted by Gasteiger charge is 2.23. The number of ether oxygens (including phenoxy) is 1. The van der Waals surface area contributed by atoms with Crippen molar-refractivity contribution in [2.75, 3.05) is 31.6 Å². The minimum absolute atomic E-state index is 0.308. The topological polar surface area (TPSA) is 54.5 Å². The van der Waals surface area contributed by atoms with Gasteiger partial charge in [0.25, 0.3) is 0 Å². The van der Waals surface area contributed by atoms with E-state index in [2.05, 4.69) is 15.2 Å². The molecule has 0 saturated carbocycles. The van der Waals surface area contributed by atoms with Crippen LogP contribution in [-0.4, -0.2) is 43.7 Å². The van der Waals surface area contributed by atoms with Gasteiger partial charge in [-0.1, -0.05) is 0 Å². The molecule has 1 saturated heterocycles. The molecule has 0 radical (unpaired) electrons. The van der Waals surface area contributed by atoms with Gasteiger partial charge in [0, 0.05) is 25.3 Å². The summed E-state index contributed by atoms with van der Waals surface area (Å²) >= 11 is 0. The van der Waals surface area contributed by atoms with Crippen LogP contribution in [0.4, 0.5) is 5.82 Å². The predicted octanol–water partition coefficient (Wildman–Crippen LogP) is 1.84. The Morgan fingerprint density at radius 2 is 2.35 bits per heavy atom. The first-order valence-corrected chi connectivity index (χ1v) is 7.30. The Balaban J connectivity index is 2.09. The van der Waals surface area contributed by atoms with E-state index in [4.69, 9.17) is 4.74 Å². The number of hydrogen-bond acceptors (Lipinski definition) is 5. The molecule has 2 heterocycles. The number of esters is 1. The summed E-state index contributed by atoms with van der Waals surface area (Å²) in [5, 5.41) is 3.24. The summed E-state index contributed by atoms with van der Waals surface area (Å²) in [5.41, 5.74) is 0.512. The van der Waals surface area contributed by atoms with E-state index < -0.39 is 0 Å². The van der Waals surface area contributed by atoms with Crippen LogP contribution in [0.15, 0.2) is 18.3 Å². The third-order valence-corrected chi connectivity index (χ3v) is 3.62. The van der Waals surface area contributed by atoms with Crippen LogP contribution in [0.3, 0.4) is 0 Å². The quantitative estimate of drug-likeness (QED) is 0.832. The van der Waals surface area contributed by atoms with E-state index in [-0.39, 0.29) is 5.97 Å². The van der Waals surface area contributed by atoms with E-state index in [9.17, 15) is 4.79 Å². The number of nitrogens with one attached hydrogen (secondary N) is 1. The van der Waals surface area contributed by atoms with Gasteiger partial charge in [0.05, 0.1) is 12.2 Å². The maximum Gasteiger partial charge on any atom is 0.339 e. The molecule has 5 heteroatoms. The number of carbonyl (C=O) groups is 1. The standard InChI is InChI=1S/C15H23N3O2/c1-3-20-15(19)12-7-8-14(17-10-12)18-9-5-4-6-13(18)11-16-2/h7-8,10,13,16H,3-6,9,11H2,1-2H3. The summed E-state index contributed by atoms with van der Waals surface area (Å²) in [4.78, 5) is 18.4. The van der Waals surface area contributed by atoms with Gasteiger partial charge in [-0.15, -0.1) is 0 Å². The first kappa shape index (κ1) is 14.8. The van der Waals surface area contributed by atoms with Gasteiger partial charge in [0.2, 0.25) is 0 Å². The van der Waals surface area contributed by atoms with E-state index in [0.29, 0.717) is 18.2 Å². The van der Waals surface area contributed by atoms with Crippen molar-refractivity contribution in [3.8, 4) is 0 Å². The average Bonchev–Trinajstić information content (AvgIpc) is 2.49. The van der Waals surface area contributed by atoms with Gasteiger partial charge in [0.15, 0.2) is 0 Å². The highest BCUT2D eigenvalue weighted by Crippen LogP contribution is 2.23. The summed E-state index contributed by atoms with van der Waals surface area (Å²) in [7, 11) is 1.98. The molecule has 0 aliphatic carbocycles. The summed E-state index contributed by atoms with van der Waals surface area (Å²) in [6.45, 7) is 4.17. The molecule has 1 aliphatic heterocycles. The van der Waals surface area contributed by atoms with Crippen LogP contribution in [0, 0.1) is 0 Å². The first-order valence-electron chi connectivity index (χ1n) is 7.30. The molecule has 1 aliphatic rings. The van der Waals surface area contributed by atoms with E-state index in [1.165, 1.54) is 19.3 Å². The third-order valence-electron chi connectivity index (χ3n) is 3.62. The maximum absolute atomic E-state index is 11.6. The number of anilines is 1. The lowest BCUT2D eigenvalue weighted by molar-refractivity contribution is 0.0526. The highest BCUT2D eigenvalue weighted by atomic mass is 16.5. The average molecular weight is 277 g/mol. The van der Waals surface area contributed by atoms with Gasteiger partial charge < -0.3 is 15.0 Å².